The molecule has 35 heavy (non-hydrogen) atoms. The van der Waals surface area contributed by atoms with Crippen molar-refractivity contribution in [3.63, 3.8) is 0 Å². The van der Waals surface area contributed by atoms with E-state index in [9.17, 15) is 22.4 Å². The Morgan fingerprint density at radius 1 is 1.29 bits per heavy atom. The highest BCUT2D eigenvalue weighted by Crippen LogP contribution is 2.26. The Balaban J connectivity index is 1.75. The maximum Gasteiger partial charge on any atom is 0.264 e. The molecule has 1 aliphatic heterocycles. The second-order valence-corrected chi connectivity index (χ2v) is 11.1. The van der Waals surface area contributed by atoms with Gasteiger partial charge in [0.2, 0.25) is 0 Å². The van der Waals surface area contributed by atoms with Gasteiger partial charge in [-0.2, -0.15) is 0 Å². The average Bonchev–Trinajstić information content (AvgIpc) is 2.83. The number of nitrogens with one attached hydrogen (secondary N) is 1. The highest BCUT2D eigenvalue weighted by molar-refractivity contribution is 7.92. The van der Waals surface area contributed by atoms with Crippen molar-refractivity contribution in [2.75, 3.05) is 19.5 Å². The second-order valence-electron chi connectivity index (χ2n) is 8.62. The molecule has 1 saturated heterocycles. The predicted octanol–water partition coefficient (Wildman–Crippen LogP) is 2.82. The fourth-order valence-electron chi connectivity index (χ4n) is 3.67. The molecule has 0 spiro atoms. The van der Waals surface area contributed by atoms with Gasteiger partial charge in [0.25, 0.3) is 11.5 Å². The monoisotopic (exact) mass is 510 g/mol. The number of halogens is 1. The van der Waals surface area contributed by atoms with E-state index in [0.717, 1.165) is 35.9 Å². The van der Waals surface area contributed by atoms with Crippen molar-refractivity contribution in [3.05, 3.63) is 52.7 Å². The summed E-state index contributed by atoms with van der Waals surface area (Å²) in [6.07, 6.45) is 3.36. The minimum atomic E-state index is -3.92. The Labute approximate surface area is 204 Å². The van der Waals surface area contributed by atoms with Crippen molar-refractivity contribution in [2.24, 2.45) is 0 Å². The molecule has 1 amide bonds. The lowest BCUT2D eigenvalue weighted by Gasteiger charge is -2.28. The summed E-state index contributed by atoms with van der Waals surface area (Å²) in [5.41, 5.74) is 2.27. The molecule has 0 saturated carbocycles. The number of rotatable bonds is 10. The van der Waals surface area contributed by atoms with Gasteiger partial charge in [0, 0.05) is 43.7 Å². The number of amides is 1. The van der Waals surface area contributed by atoms with Crippen LogP contribution in [0, 0.1) is 5.82 Å². The molecule has 1 aromatic heterocycles. The number of carbonyl (C=O) groups excluding carboxylic acids is 1. The zero-order valence-electron chi connectivity index (χ0n) is 20.1. The van der Waals surface area contributed by atoms with Crippen LogP contribution in [0.25, 0.3) is 11.1 Å². The molecule has 192 valence electrons. The fraction of sp³-hybridized carbons (Fsp3) is 0.500. The van der Waals surface area contributed by atoms with E-state index in [1.54, 1.807) is 24.3 Å². The largest absolute Gasteiger partial charge is 0.494 e. The molecule has 1 N–H and O–H groups in total. The van der Waals surface area contributed by atoms with Gasteiger partial charge >= 0.3 is 0 Å². The van der Waals surface area contributed by atoms with Crippen LogP contribution >= 0.6 is 0 Å². The number of pyridine rings is 1. The van der Waals surface area contributed by atoms with Crippen molar-refractivity contribution in [3.8, 4) is 16.9 Å². The first kappa shape index (κ1) is 26.8. The molecule has 2 heterocycles. The zero-order valence-corrected chi connectivity index (χ0v) is 20.9. The molecule has 1 fully saturated rings. The fourth-order valence-corrected chi connectivity index (χ4v) is 4.51. The van der Waals surface area contributed by atoms with Crippen LogP contribution in [0.3, 0.4) is 0 Å². The summed E-state index contributed by atoms with van der Waals surface area (Å²) in [6.45, 7) is 3.89. The third-order valence-electron chi connectivity index (χ3n) is 6.10. The van der Waals surface area contributed by atoms with E-state index < -0.39 is 38.2 Å². The number of benzene rings is 1. The van der Waals surface area contributed by atoms with Gasteiger partial charge in [0.05, 0.1) is 6.61 Å². The number of hydrogen-bond donors (Lipinski definition) is 1. The van der Waals surface area contributed by atoms with Crippen LogP contribution in [0.1, 0.15) is 39.5 Å². The standard InChI is InChI=1S/C24H31FN2O7S/c1-4-32-18-10-8-17(9-11-18)19-15-21(28)27(16-20(19)25)13-12-24(2,35(3,30)31)23(29)26-34-22-7-5-6-14-33-22/h8-11,15-16,22H,4-7,12-14H2,1-3H3,(H,26,29)/t22?,24-/m1/s1. The number of carbonyl (C=O) groups is 1. The van der Waals surface area contributed by atoms with E-state index >= 15 is 0 Å². The van der Waals surface area contributed by atoms with E-state index in [2.05, 4.69) is 5.48 Å². The second kappa shape index (κ2) is 11.3. The number of ether oxygens (including phenoxy) is 2. The molecule has 3 rings (SSSR count). The Morgan fingerprint density at radius 3 is 2.60 bits per heavy atom. The molecule has 1 aromatic carbocycles. The molecule has 0 bridgehead atoms. The highest BCUT2D eigenvalue weighted by atomic mass is 32.2. The number of hydrogen-bond acceptors (Lipinski definition) is 7. The summed E-state index contributed by atoms with van der Waals surface area (Å²) in [5, 5.41) is 0. The molecule has 2 aromatic rings. The summed E-state index contributed by atoms with van der Waals surface area (Å²) in [7, 11) is -3.92. The van der Waals surface area contributed by atoms with Crippen molar-refractivity contribution >= 4 is 15.7 Å². The van der Waals surface area contributed by atoms with E-state index in [1.807, 2.05) is 6.92 Å². The van der Waals surface area contributed by atoms with E-state index in [4.69, 9.17) is 14.3 Å². The third-order valence-corrected chi connectivity index (χ3v) is 8.13. The van der Waals surface area contributed by atoms with Gasteiger partial charge < -0.3 is 14.0 Å². The van der Waals surface area contributed by atoms with Crippen LogP contribution < -0.4 is 15.8 Å². The van der Waals surface area contributed by atoms with E-state index in [1.165, 1.54) is 6.92 Å². The first-order valence-corrected chi connectivity index (χ1v) is 13.3. The molecular weight excluding hydrogens is 479 g/mol. The first-order chi connectivity index (χ1) is 16.5. The maximum absolute atomic E-state index is 14.9. The topological polar surface area (TPSA) is 113 Å². The lowest BCUT2D eigenvalue weighted by Crippen LogP contribution is -2.51. The van der Waals surface area contributed by atoms with Gasteiger partial charge in [-0.15, -0.1) is 0 Å². The van der Waals surface area contributed by atoms with Gasteiger partial charge in [0.1, 0.15) is 11.6 Å². The Hall–Kier alpha value is -2.76. The van der Waals surface area contributed by atoms with Crippen LogP contribution in [-0.2, 0) is 30.8 Å². The van der Waals surface area contributed by atoms with Crippen molar-refractivity contribution in [1.29, 1.82) is 0 Å². The summed E-state index contributed by atoms with van der Waals surface area (Å²) in [4.78, 5) is 30.7. The van der Waals surface area contributed by atoms with Gasteiger partial charge in [-0.25, -0.2) is 23.1 Å². The molecule has 0 aliphatic carbocycles. The number of nitrogens with zero attached hydrogens (tertiary/aromatic N) is 1. The molecular formula is C24H31FN2O7S. The molecule has 1 aliphatic rings. The van der Waals surface area contributed by atoms with Gasteiger partial charge in [0.15, 0.2) is 20.9 Å². The van der Waals surface area contributed by atoms with Crippen LogP contribution in [-0.4, -0.2) is 49.4 Å². The Morgan fingerprint density at radius 2 is 2.00 bits per heavy atom. The lowest BCUT2D eigenvalue weighted by atomic mass is 10.1. The maximum atomic E-state index is 14.9. The van der Waals surface area contributed by atoms with Gasteiger partial charge in [-0.05, 0) is 50.8 Å². The molecule has 9 nitrogen and oxygen atoms in total. The van der Waals surface area contributed by atoms with Gasteiger partial charge in [-0.1, -0.05) is 12.1 Å². The predicted molar refractivity (Wildman–Crippen MR) is 128 cm³/mol. The normalized spacial score (nSPS) is 18.0. The third kappa shape index (κ3) is 6.47. The minimum Gasteiger partial charge on any atom is -0.494 e. The number of aromatic nitrogens is 1. The summed E-state index contributed by atoms with van der Waals surface area (Å²) < 4.78 is 49.8. The van der Waals surface area contributed by atoms with Crippen molar-refractivity contribution in [1.82, 2.24) is 10.0 Å². The van der Waals surface area contributed by atoms with Crippen LogP contribution in [0.5, 0.6) is 5.75 Å². The average molecular weight is 511 g/mol. The zero-order chi connectivity index (χ0) is 25.6. The van der Waals surface area contributed by atoms with Crippen LogP contribution in [0.4, 0.5) is 4.39 Å². The van der Waals surface area contributed by atoms with Crippen molar-refractivity contribution < 1.29 is 31.9 Å². The van der Waals surface area contributed by atoms with Crippen LogP contribution in [0.2, 0.25) is 0 Å². The molecule has 0 radical (unpaired) electrons. The lowest BCUT2D eigenvalue weighted by molar-refractivity contribution is -0.201. The van der Waals surface area contributed by atoms with Gasteiger partial charge in [-0.3, -0.25) is 9.59 Å². The summed E-state index contributed by atoms with van der Waals surface area (Å²) >= 11 is 0. The Kier molecular flexibility index (Phi) is 8.68. The van der Waals surface area contributed by atoms with E-state index in [-0.39, 0.29) is 18.5 Å². The minimum absolute atomic E-state index is 0.110. The quantitative estimate of drug-likeness (QED) is 0.489. The molecule has 2 atom stereocenters. The summed E-state index contributed by atoms with van der Waals surface area (Å²) in [5.74, 6) is -0.909. The van der Waals surface area contributed by atoms with Crippen LogP contribution in [0.15, 0.2) is 41.3 Å². The SMILES string of the molecule is CCOc1ccc(-c2cc(=O)n(CC[C@](C)(C(=O)NOC3CCCCO3)S(C)(=O)=O)cc2F)cc1. The van der Waals surface area contributed by atoms with Crippen molar-refractivity contribution in [2.45, 2.75) is 57.1 Å². The number of aryl methyl sites for hydroxylation is 1. The Bertz CT molecular complexity index is 1190. The number of hydroxylamine groups is 1. The highest BCUT2D eigenvalue weighted by Gasteiger charge is 2.44. The smallest absolute Gasteiger partial charge is 0.264 e. The molecule has 11 heteroatoms. The first-order valence-electron chi connectivity index (χ1n) is 11.5. The number of sulfone groups is 1. The summed E-state index contributed by atoms with van der Waals surface area (Å²) in [6, 6.07) is 7.80. The van der Waals surface area contributed by atoms with E-state index in [0.29, 0.717) is 30.9 Å². The molecule has 1 unspecified atom stereocenters.